The van der Waals surface area contributed by atoms with Crippen LogP contribution in [0.3, 0.4) is 0 Å². The summed E-state index contributed by atoms with van der Waals surface area (Å²) in [6.45, 7) is 10.3. The molecule has 2 rings (SSSR count). The van der Waals surface area contributed by atoms with Crippen molar-refractivity contribution in [3.63, 3.8) is 0 Å². The lowest BCUT2D eigenvalue weighted by Gasteiger charge is -2.13. The Kier molecular flexibility index (Phi) is 11.6. The van der Waals surface area contributed by atoms with Crippen LogP contribution in [0, 0.1) is 0 Å². The van der Waals surface area contributed by atoms with Crippen LogP contribution in [-0.4, -0.2) is 51.6 Å². The third kappa shape index (κ3) is 9.04. The van der Waals surface area contributed by atoms with Crippen molar-refractivity contribution in [1.29, 1.82) is 0 Å². The fourth-order valence-electron chi connectivity index (χ4n) is 3.06. The first-order valence-electron chi connectivity index (χ1n) is 10.7. The summed E-state index contributed by atoms with van der Waals surface area (Å²) >= 11 is 0. The molecule has 28 heavy (non-hydrogen) atoms. The van der Waals surface area contributed by atoms with Gasteiger partial charge < -0.3 is 24.8 Å². The summed E-state index contributed by atoms with van der Waals surface area (Å²) in [6, 6.07) is 8.35. The molecule has 0 amide bonds. The Morgan fingerprint density at radius 2 is 2.00 bits per heavy atom. The number of hydrogen-bond donors (Lipinski definition) is 2. The van der Waals surface area contributed by atoms with Gasteiger partial charge in [-0.15, -0.1) is 0 Å². The van der Waals surface area contributed by atoms with E-state index in [0.717, 1.165) is 64.6 Å². The average Bonchev–Trinajstić information content (AvgIpc) is 3.23. The van der Waals surface area contributed by atoms with Crippen LogP contribution in [0.25, 0.3) is 0 Å². The maximum Gasteiger partial charge on any atom is 0.191 e. The van der Waals surface area contributed by atoms with Gasteiger partial charge in [-0.3, -0.25) is 0 Å². The normalized spacial score (nSPS) is 17.1. The monoisotopic (exact) mass is 391 g/mol. The number of guanidine groups is 1. The molecule has 1 aliphatic heterocycles. The molecule has 0 spiro atoms. The van der Waals surface area contributed by atoms with Crippen LogP contribution in [-0.2, 0) is 27.4 Å². The first-order chi connectivity index (χ1) is 13.8. The van der Waals surface area contributed by atoms with Gasteiger partial charge in [0, 0.05) is 32.9 Å². The summed E-state index contributed by atoms with van der Waals surface area (Å²) < 4.78 is 17.0. The van der Waals surface area contributed by atoms with Crippen molar-refractivity contribution in [1.82, 2.24) is 10.6 Å². The Morgan fingerprint density at radius 1 is 1.14 bits per heavy atom. The van der Waals surface area contributed by atoms with E-state index < -0.39 is 0 Å². The van der Waals surface area contributed by atoms with E-state index in [1.807, 2.05) is 0 Å². The molecule has 1 aromatic rings. The molecule has 1 atom stereocenters. The van der Waals surface area contributed by atoms with Crippen molar-refractivity contribution >= 4 is 5.96 Å². The molecule has 6 nitrogen and oxygen atoms in total. The van der Waals surface area contributed by atoms with E-state index in [2.05, 4.69) is 48.7 Å². The Hall–Kier alpha value is -1.63. The molecule has 1 heterocycles. The molecular formula is C22H37N3O3. The van der Waals surface area contributed by atoms with Crippen LogP contribution in [0.4, 0.5) is 0 Å². The van der Waals surface area contributed by atoms with Gasteiger partial charge in [-0.05, 0) is 43.7 Å². The number of hydrogen-bond acceptors (Lipinski definition) is 4. The zero-order chi connectivity index (χ0) is 19.9. The maximum absolute atomic E-state index is 5.71. The minimum atomic E-state index is 0.299. The zero-order valence-electron chi connectivity index (χ0n) is 17.5. The third-order valence-corrected chi connectivity index (χ3v) is 4.56. The number of rotatable bonds is 13. The molecule has 1 aliphatic rings. The van der Waals surface area contributed by atoms with Crippen LogP contribution >= 0.6 is 0 Å². The lowest BCUT2D eigenvalue weighted by molar-refractivity contribution is 0.0168. The summed E-state index contributed by atoms with van der Waals surface area (Å²) in [7, 11) is 0. The summed E-state index contributed by atoms with van der Waals surface area (Å²) in [5.41, 5.74) is 2.41. The van der Waals surface area contributed by atoms with Gasteiger partial charge in [0.1, 0.15) is 0 Å². The molecule has 1 aromatic carbocycles. The minimum Gasteiger partial charge on any atom is -0.379 e. The van der Waals surface area contributed by atoms with Crippen LogP contribution in [0.1, 0.15) is 50.7 Å². The standard InChI is InChI=1S/C22H37N3O3/c1-3-13-26-17-20-10-6-5-9-19(20)16-25-22(23-4-2)24-12-8-14-27-18-21-11-7-15-28-21/h5-6,9-10,21H,3-4,7-8,11-18H2,1-2H3,(H2,23,24,25). The Bertz CT molecular complexity index is 560. The van der Waals surface area contributed by atoms with Gasteiger partial charge in [0.25, 0.3) is 0 Å². The molecule has 2 N–H and O–H groups in total. The second-order valence-electron chi connectivity index (χ2n) is 7.01. The van der Waals surface area contributed by atoms with Crippen molar-refractivity contribution in [2.24, 2.45) is 4.99 Å². The molecule has 0 saturated carbocycles. The van der Waals surface area contributed by atoms with Gasteiger partial charge in [-0.2, -0.15) is 0 Å². The highest BCUT2D eigenvalue weighted by molar-refractivity contribution is 5.79. The molecule has 0 aromatic heterocycles. The Labute approximate surface area is 170 Å². The predicted molar refractivity (Wildman–Crippen MR) is 114 cm³/mol. The maximum atomic E-state index is 5.71. The minimum absolute atomic E-state index is 0.299. The van der Waals surface area contributed by atoms with Crippen molar-refractivity contribution in [3.8, 4) is 0 Å². The number of ether oxygens (including phenoxy) is 3. The second kappa shape index (κ2) is 14.4. The van der Waals surface area contributed by atoms with Gasteiger partial charge in [0.15, 0.2) is 5.96 Å². The van der Waals surface area contributed by atoms with Crippen LogP contribution in [0.5, 0.6) is 0 Å². The van der Waals surface area contributed by atoms with Gasteiger partial charge in [0.2, 0.25) is 0 Å². The quantitative estimate of drug-likeness (QED) is 0.307. The van der Waals surface area contributed by atoms with Crippen molar-refractivity contribution in [3.05, 3.63) is 35.4 Å². The fourth-order valence-corrected chi connectivity index (χ4v) is 3.06. The second-order valence-corrected chi connectivity index (χ2v) is 7.01. The topological polar surface area (TPSA) is 64.1 Å². The van der Waals surface area contributed by atoms with Gasteiger partial charge >= 0.3 is 0 Å². The average molecular weight is 392 g/mol. The van der Waals surface area contributed by atoms with E-state index in [-0.39, 0.29) is 0 Å². The summed E-state index contributed by atoms with van der Waals surface area (Å²) in [4.78, 5) is 4.73. The highest BCUT2D eigenvalue weighted by Crippen LogP contribution is 2.12. The summed E-state index contributed by atoms with van der Waals surface area (Å²) in [6.07, 6.45) is 4.56. The van der Waals surface area contributed by atoms with Crippen LogP contribution < -0.4 is 10.6 Å². The smallest absolute Gasteiger partial charge is 0.191 e. The largest absolute Gasteiger partial charge is 0.379 e. The van der Waals surface area contributed by atoms with E-state index in [4.69, 9.17) is 19.2 Å². The van der Waals surface area contributed by atoms with Crippen molar-refractivity contribution < 1.29 is 14.2 Å². The molecule has 6 heteroatoms. The van der Waals surface area contributed by atoms with E-state index in [9.17, 15) is 0 Å². The number of benzene rings is 1. The van der Waals surface area contributed by atoms with E-state index in [1.54, 1.807) is 0 Å². The highest BCUT2D eigenvalue weighted by Gasteiger charge is 2.14. The van der Waals surface area contributed by atoms with Gasteiger partial charge in [-0.25, -0.2) is 4.99 Å². The molecule has 0 aliphatic carbocycles. The van der Waals surface area contributed by atoms with Crippen LogP contribution in [0.15, 0.2) is 29.3 Å². The SMILES string of the molecule is CCCOCc1ccccc1CN=C(NCC)NCCCOCC1CCCO1. The molecule has 158 valence electrons. The fraction of sp³-hybridized carbons (Fsp3) is 0.682. The molecule has 1 unspecified atom stereocenters. The zero-order valence-corrected chi connectivity index (χ0v) is 17.5. The Balaban J connectivity index is 1.72. The lowest BCUT2D eigenvalue weighted by atomic mass is 10.1. The van der Waals surface area contributed by atoms with E-state index in [1.165, 1.54) is 11.1 Å². The molecule has 1 fully saturated rings. The Morgan fingerprint density at radius 3 is 2.75 bits per heavy atom. The van der Waals surface area contributed by atoms with Gasteiger partial charge in [-0.1, -0.05) is 31.2 Å². The molecule has 1 saturated heterocycles. The first-order valence-corrected chi connectivity index (χ1v) is 10.7. The molecular weight excluding hydrogens is 354 g/mol. The lowest BCUT2D eigenvalue weighted by Crippen LogP contribution is -2.38. The van der Waals surface area contributed by atoms with Crippen molar-refractivity contribution in [2.45, 2.75) is 58.8 Å². The van der Waals surface area contributed by atoms with Crippen LogP contribution in [0.2, 0.25) is 0 Å². The first kappa shape index (κ1) is 22.7. The summed E-state index contributed by atoms with van der Waals surface area (Å²) in [5.74, 6) is 0.839. The third-order valence-electron chi connectivity index (χ3n) is 4.56. The number of nitrogens with one attached hydrogen (secondary N) is 2. The highest BCUT2D eigenvalue weighted by atomic mass is 16.5. The molecule has 0 bridgehead atoms. The summed E-state index contributed by atoms with van der Waals surface area (Å²) in [5, 5.41) is 6.69. The van der Waals surface area contributed by atoms with E-state index in [0.29, 0.717) is 25.9 Å². The van der Waals surface area contributed by atoms with Crippen molar-refractivity contribution in [2.75, 3.05) is 39.5 Å². The number of nitrogens with zero attached hydrogens (tertiary/aromatic N) is 1. The van der Waals surface area contributed by atoms with Gasteiger partial charge in [0.05, 0.1) is 25.9 Å². The number of aliphatic imine (C=N–C) groups is 1. The van der Waals surface area contributed by atoms with E-state index >= 15 is 0 Å². The predicted octanol–water partition coefficient (Wildman–Crippen LogP) is 3.25. The molecule has 0 radical (unpaired) electrons.